The largest absolute Gasteiger partial charge is 0.465 e. The molecule has 0 aliphatic rings. The predicted molar refractivity (Wildman–Crippen MR) is 102 cm³/mol. The molecule has 0 aliphatic heterocycles. The van der Waals surface area contributed by atoms with Gasteiger partial charge in [-0.3, -0.25) is 4.79 Å². The molecule has 0 saturated carbocycles. The number of furan rings is 1. The van der Waals surface area contributed by atoms with Crippen molar-refractivity contribution in [3.05, 3.63) is 83.1 Å². The van der Waals surface area contributed by atoms with Gasteiger partial charge in [-0.15, -0.1) is 0 Å². The number of rotatable bonds is 5. The maximum Gasteiger partial charge on any atom is 0.416 e. The number of amides is 1. The van der Waals surface area contributed by atoms with Gasteiger partial charge in [0, 0.05) is 11.1 Å². The Labute approximate surface area is 169 Å². The highest BCUT2D eigenvalue weighted by atomic mass is 19.4. The molecule has 0 atom stereocenters. The first-order valence-electron chi connectivity index (χ1n) is 8.57. The van der Waals surface area contributed by atoms with E-state index in [1.807, 2.05) is 0 Å². The highest BCUT2D eigenvalue weighted by molar-refractivity contribution is 5.95. The SMILES string of the molecule is COC(=O)c1ccc(-c2ccc(/C=N\NC(=O)c3cccc(C(F)(F)F)c3)o2)cc1. The van der Waals surface area contributed by atoms with Crippen LogP contribution >= 0.6 is 0 Å². The second kappa shape index (κ2) is 8.64. The van der Waals surface area contributed by atoms with E-state index in [-0.39, 0.29) is 5.56 Å². The zero-order valence-electron chi connectivity index (χ0n) is 15.6. The van der Waals surface area contributed by atoms with Crippen LogP contribution in [0.3, 0.4) is 0 Å². The van der Waals surface area contributed by atoms with E-state index < -0.39 is 23.6 Å². The lowest BCUT2D eigenvalue weighted by molar-refractivity contribution is -0.137. The summed E-state index contributed by atoms with van der Waals surface area (Å²) in [6, 6.07) is 13.8. The van der Waals surface area contributed by atoms with E-state index >= 15 is 0 Å². The zero-order chi connectivity index (χ0) is 21.7. The zero-order valence-corrected chi connectivity index (χ0v) is 15.6. The van der Waals surface area contributed by atoms with Crippen LogP contribution in [0.2, 0.25) is 0 Å². The molecular formula is C21H15F3N2O4. The van der Waals surface area contributed by atoms with Crippen LogP contribution in [0.25, 0.3) is 11.3 Å². The minimum Gasteiger partial charge on any atom is -0.465 e. The fraction of sp³-hybridized carbons (Fsp3) is 0.0952. The molecule has 0 spiro atoms. The molecule has 30 heavy (non-hydrogen) atoms. The first-order valence-corrected chi connectivity index (χ1v) is 8.57. The number of methoxy groups -OCH3 is 1. The summed E-state index contributed by atoms with van der Waals surface area (Å²) in [7, 11) is 1.29. The Morgan fingerprint density at radius 2 is 1.77 bits per heavy atom. The van der Waals surface area contributed by atoms with Crippen molar-refractivity contribution in [2.45, 2.75) is 6.18 Å². The van der Waals surface area contributed by atoms with Gasteiger partial charge in [0.1, 0.15) is 11.5 Å². The van der Waals surface area contributed by atoms with Gasteiger partial charge in [0.25, 0.3) is 5.91 Å². The average Bonchev–Trinajstić information content (AvgIpc) is 3.21. The Morgan fingerprint density at radius 1 is 1.03 bits per heavy atom. The molecule has 2 aromatic carbocycles. The minimum atomic E-state index is -4.54. The van der Waals surface area contributed by atoms with Crippen LogP contribution in [0, 0.1) is 0 Å². The number of nitrogens with one attached hydrogen (secondary N) is 1. The van der Waals surface area contributed by atoms with Crippen molar-refractivity contribution < 1.29 is 31.9 Å². The van der Waals surface area contributed by atoms with Crippen molar-refractivity contribution in [2.24, 2.45) is 5.10 Å². The highest BCUT2D eigenvalue weighted by Gasteiger charge is 2.30. The Hall–Kier alpha value is -3.88. The quantitative estimate of drug-likeness (QED) is 0.377. The van der Waals surface area contributed by atoms with Gasteiger partial charge in [-0.25, -0.2) is 10.2 Å². The van der Waals surface area contributed by atoms with Crippen LogP contribution in [0.4, 0.5) is 13.2 Å². The van der Waals surface area contributed by atoms with Crippen LogP contribution in [-0.4, -0.2) is 25.2 Å². The lowest BCUT2D eigenvalue weighted by Gasteiger charge is -2.07. The van der Waals surface area contributed by atoms with Gasteiger partial charge in [0.15, 0.2) is 0 Å². The normalized spacial score (nSPS) is 11.5. The molecule has 154 valence electrons. The van der Waals surface area contributed by atoms with Gasteiger partial charge in [-0.1, -0.05) is 18.2 Å². The topological polar surface area (TPSA) is 80.9 Å². The molecule has 3 rings (SSSR count). The molecule has 9 heteroatoms. The number of carbonyl (C=O) groups is 2. The summed E-state index contributed by atoms with van der Waals surface area (Å²) in [6.07, 6.45) is -3.32. The van der Waals surface area contributed by atoms with Gasteiger partial charge in [-0.2, -0.15) is 18.3 Å². The Morgan fingerprint density at radius 3 is 2.43 bits per heavy atom. The average molecular weight is 416 g/mol. The first kappa shape index (κ1) is 20.8. The molecule has 6 nitrogen and oxygen atoms in total. The summed E-state index contributed by atoms with van der Waals surface area (Å²) in [5, 5.41) is 3.70. The number of halogens is 3. The third-order valence-electron chi connectivity index (χ3n) is 4.03. The Kier molecular flexibility index (Phi) is 6.01. The van der Waals surface area contributed by atoms with Crippen molar-refractivity contribution in [3.8, 4) is 11.3 Å². The molecule has 1 N–H and O–H groups in total. The second-order valence-electron chi connectivity index (χ2n) is 6.05. The highest BCUT2D eigenvalue weighted by Crippen LogP contribution is 2.29. The molecule has 3 aromatic rings. The monoisotopic (exact) mass is 416 g/mol. The van der Waals surface area contributed by atoms with Crippen molar-refractivity contribution in [2.75, 3.05) is 7.11 Å². The van der Waals surface area contributed by atoms with E-state index in [0.717, 1.165) is 18.2 Å². The molecule has 1 aromatic heterocycles. The van der Waals surface area contributed by atoms with E-state index in [1.165, 1.54) is 19.4 Å². The first-order chi connectivity index (χ1) is 14.3. The number of hydrogen-bond donors (Lipinski definition) is 1. The third kappa shape index (κ3) is 4.93. The van der Waals surface area contributed by atoms with E-state index in [9.17, 15) is 22.8 Å². The molecule has 0 unspecified atom stereocenters. The van der Waals surface area contributed by atoms with Crippen LogP contribution < -0.4 is 5.43 Å². The standard InChI is InChI=1S/C21H15F3N2O4/c1-29-20(28)14-7-5-13(6-8-14)18-10-9-17(30-18)12-25-26-19(27)15-3-2-4-16(11-15)21(22,23)24/h2-12H,1H3,(H,26,27)/b25-12-. The summed E-state index contributed by atoms with van der Waals surface area (Å²) in [4.78, 5) is 23.4. The molecule has 1 amide bonds. The van der Waals surface area contributed by atoms with E-state index in [2.05, 4.69) is 15.3 Å². The number of alkyl halides is 3. The summed E-state index contributed by atoms with van der Waals surface area (Å²) in [6.45, 7) is 0. The van der Waals surface area contributed by atoms with Gasteiger partial charge in [0.2, 0.25) is 0 Å². The molecule has 1 heterocycles. The van der Waals surface area contributed by atoms with Crippen LogP contribution in [0.15, 0.2) is 70.2 Å². The van der Waals surface area contributed by atoms with Gasteiger partial charge in [-0.05, 0) is 42.5 Å². The summed E-state index contributed by atoms with van der Waals surface area (Å²) >= 11 is 0. The minimum absolute atomic E-state index is 0.173. The molecule has 0 fully saturated rings. The van der Waals surface area contributed by atoms with Crippen molar-refractivity contribution >= 4 is 18.1 Å². The maximum atomic E-state index is 12.7. The number of benzene rings is 2. The summed E-state index contributed by atoms with van der Waals surface area (Å²) < 4.78 is 48.4. The van der Waals surface area contributed by atoms with E-state index in [0.29, 0.717) is 22.6 Å². The number of hydrazone groups is 1. The number of ether oxygens (including phenoxy) is 1. The fourth-order valence-corrected chi connectivity index (χ4v) is 2.52. The molecule has 0 radical (unpaired) electrons. The lowest BCUT2D eigenvalue weighted by atomic mass is 10.1. The molecule has 0 saturated heterocycles. The van der Waals surface area contributed by atoms with Gasteiger partial charge < -0.3 is 9.15 Å². The number of hydrogen-bond acceptors (Lipinski definition) is 5. The lowest BCUT2D eigenvalue weighted by Crippen LogP contribution is -2.18. The molecule has 0 aliphatic carbocycles. The van der Waals surface area contributed by atoms with Crippen LogP contribution in [0.5, 0.6) is 0 Å². The number of esters is 1. The second-order valence-corrected chi connectivity index (χ2v) is 6.05. The fourth-order valence-electron chi connectivity index (χ4n) is 2.52. The van der Waals surface area contributed by atoms with Crippen LogP contribution in [0.1, 0.15) is 32.0 Å². The Balaban J connectivity index is 1.65. The molecule has 0 bridgehead atoms. The van der Waals surface area contributed by atoms with Gasteiger partial charge in [0.05, 0.1) is 24.5 Å². The van der Waals surface area contributed by atoms with Crippen molar-refractivity contribution in [1.82, 2.24) is 5.43 Å². The smallest absolute Gasteiger partial charge is 0.416 e. The summed E-state index contributed by atoms with van der Waals surface area (Å²) in [5.41, 5.74) is 2.16. The Bertz CT molecular complexity index is 1090. The van der Waals surface area contributed by atoms with Crippen LogP contribution in [-0.2, 0) is 10.9 Å². The summed E-state index contributed by atoms with van der Waals surface area (Å²) in [5.74, 6) is -0.434. The van der Waals surface area contributed by atoms with E-state index in [1.54, 1.807) is 36.4 Å². The van der Waals surface area contributed by atoms with Crippen molar-refractivity contribution in [3.63, 3.8) is 0 Å². The predicted octanol–water partition coefficient (Wildman–Crippen LogP) is 4.52. The third-order valence-corrected chi connectivity index (χ3v) is 4.03. The number of carbonyl (C=O) groups excluding carboxylic acids is 2. The maximum absolute atomic E-state index is 12.7. The number of nitrogens with zero attached hydrogens (tertiary/aromatic N) is 1. The van der Waals surface area contributed by atoms with E-state index in [4.69, 9.17) is 4.42 Å². The van der Waals surface area contributed by atoms with Crippen molar-refractivity contribution in [1.29, 1.82) is 0 Å². The van der Waals surface area contributed by atoms with Gasteiger partial charge >= 0.3 is 12.1 Å². The molecular weight excluding hydrogens is 401 g/mol.